The van der Waals surface area contributed by atoms with E-state index in [9.17, 15) is 18.3 Å². The number of nitrogens with one attached hydrogen (secondary N) is 1. The van der Waals surface area contributed by atoms with Crippen LogP contribution in [0, 0.1) is 13.8 Å². The fraction of sp³-hybridized carbons (Fsp3) is 0.381. The Hall–Kier alpha value is -2.58. The largest absolute Gasteiger partial charge is 0.478 e. The maximum absolute atomic E-state index is 12.7. The second-order valence-corrected chi connectivity index (χ2v) is 8.99. The monoisotopic (exact) mass is 417 g/mol. The minimum Gasteiger partial charge on any atom is -0.478 e. The van der Waals surface area contributed by atoms with Gasteiger partial charge in [0.05, 0.1) is 16.1 Å². The van der Waals surface area contributed by atoms with E-state index < -0.39 is 16.0 Å². The number of piperazine rings is 1. The van der Waals surface area contributed by atoms with Crippen LogP contribution >= 0.6 is 0 Å². The van der Waals surface area contributed by atoms with Crippen molar-refractivity contribution in [2.24, 2.45) is 0 Å². The van der Waals surface area contributed by atoms with Crippen LogP contribution < -0.4 is 9.62 Å². The van der Waals surface area contributed by atoms with Gasteiger partial charge in [-0.3, -0.25) is 4.72 Å². The van der Waals surface area contributed by atoms with Crippen LogP contribution in [0.1, 0.15) is 28.4 Å². The van der Waals surface area contributed by atoms with Crippen molar-refractivity contribution in [3.8, 4) is 0 Å². The van der Waals surface area contributed by atoms with Crippen LogP contribution in [0.2, 0.25) is 0 Å². The molecule has 1 aliphatic heterocycles. The van der Waals surface area contributed by atoms with Gasteiger partial charge in [-0.1, -0.05) is 13.0 Å². The molecule has 2 aromatic carbocycles. The molecule has 1 fully saturated rings. The Morgan fingerprint density at radius 3 is 2.31 bits per heavy atom. The van der Waals surface area contributed by atoms with Gasteiger partial charge >= 0.3 is 5.97 Å². The second kappa shape index (κ2) is 8.42. The average molecular weight is 418 g/mol. The van der Waals surface area contributed by atoms with Gasteiger partial charge in [0, 0.05) is 31.9 Å². The summed E-state index contributed by atoms with van der Waals surface area (Å²) in [5.41, 5.74) is 2.82. The zero-order valence-electron chi connectivity index (χ0n) is 17.0. The fourth-order valence-corrected chi connectivity index (χ4v) is 4.58. The van der Waals surface area contributed by atoms with Crippen molar-refractivity contribution in [2.75, 3.05) is 42.3 Å². The smallest absolute Gasteiger partial charge is 0.337 e. The molecule has 3 rings (SSSR count). The highest BCUT2D eigenvalue weighted by Gasteiger charge is 2.22. The number of carboxylic acid groups (broad SMARTS) is 1. The summed E-state index contributed by atoms with van der Waals surface area (Å²) < 4.78 is 28.0. The lowest BCUT2D eigenvalue weighted by Crippen LogP contribution is -2.46. The van der Waals surface area contributed by atoms with Gasteiger partial charge in [0.1, 0.15) is 0 Å². The molecule has 0 saturated carbocycles. The van der Waals surface area contributed by atoms with E-state index in [2.05, 4.69) is 16.5 Å². The summed E-state index contributed by atoms with van der Waals surface area (Å²) in [6, 6.07) is 9.60. The Morgan fingerprint density at radius 2 is 1.72 bits per heavy atom. The van der Waals surface area contributed by atoms with Gasteiger partial charge in [-0.25, -0.2) is 13.2 Å². The SMILES string of the molecule is CCN1CCN(c2ccc(NS(=O)(=O)c3ccc(C)c(C)c3)cc2C(=O)O)CC1. The van der Waals surface area contributed by atoms with Crippen molar-refractivity contribution in [1.82, 2.24) is 4.90 Å². The Labute approximate surface area is 172 Å². The number of aryl methyl sites for hydroxylation is 2. The molecule has 0 spiro atoms. The predicted molar refractivity (Wildman–Crippen MR) is 114 cm³/mol. The molecule has 1 heterocycles. The topological polar surface area (TPSA) is 90.0 Å². The van der Waals surface area contributed by atoms with Gasteiger partial charge in [0.25, 0.3) is 10.0 Å². The number of benzene rings is 2. The molecule has 1 saturated heterocycles. The molecule has 0 radical (unpaired) electrons. The number of hydrogen-bond acceptors (Lipinski definition) is 5. The number of likely N-dealkylation sites (N-methyl/N-ethyl adjacent to an activating group) is 1. The van der Waals surface area contributed by atoms with Crippen molar-refractivity contribution in [3.63, 3.8) is 0 Å². The Bertz CT molecular complexity index is 1010. The number of nitrogens with zero attached hydrogens (tertiary/aromatic N) is 2. The maximum Gasteiger partial charge on any atom is 0.337 e. The maximum atomic E-state index is 12.7. The fourth-order valence-electron chi connectivity index (χ4n) is 3.45. The lowest BCUT2D eigenvalue weighted by atomic mass is 10.1. The van der Waals surface area contributed by atoms with Crippen LogP contribution in [0.25, 0.3) is 0 Å². The minimum atomic E-state index is -3.81. The molecular weight excluding hydrogens is 390 g/mol. The molecule has 2 N–H and O–H groups in total. The standard InChI is InChI=1S/C21H27N3O4S/c1-4-23-9-11-24(12-10-23)20-8-6-17(14-19(20)21(25)26)22-29(27,28)18-7-5-15(2)16(3)13-18/h5-8,13-14,22H,4,9-12H2,1-3H3,(H,25,26). The van der Waals surface area contributed by atoms with Crippen molar-refractivity contribution >= 4 is 27.4 Å². The van der Waals surface area contributed by atoms with Crippen molar-refractivity contribution in [2.45, 2.75) is 25.7 Å². The van der Waals surface area contributed by atoms with Crippen LogP contribution in [-0.2, 0) is 10.0 Å². The molecule has 1 aliphatic rings. The first-order chi connectivity index (χ1) is 13.7. The molecule has 0 bridgehead atoms. The first-order valence-corrected chi connectivity index (χ1v) is 11.1. The number of aromatic carboxylic acids is 1. The van der Waals surface area contributed by atoms with Gasteiger partial charge in [-0.05, 0) is 61.9 Å². The summed E-state index contributed by atoms with van der Waals surface area (Å²) in [5.74, 6) is -1.08. The molecular formula is C21H27N3O4S. The highest BCUT2D eigenvalue weighted by molar-refractivity contribution is 7.92. The number of hydrogen-bond donors (Lipinski definition) is 2. The van der Waals surface area contributed by atoms with Gasteiger partial charge in [-0.15, -0.1) is 0 Å². The molecule has 8 heteroatoms. The summed E-state index contributed by atoms with van der Waals surface area (Å²) >= 11 is 0. The minimum absolute atomic E-state index is 0.0928. The number of carbonyl (C=O) groups is 1. The van der Waals surface area contributed by atoms with Crippen LogP contribution in [-0.4, -0.2) is 57.1 Å². The lowest BCUT2D eigenvalue weighted by molar-refractivity contribution is 0.0697. The van der Waals surface area contributed by atoms with E-state index in [4.69, 9.17) is 0 Å². The predicted octanol–water partition coefficient (Wildman–Crippen LogP) is 2.94. The number of rotatable bonds is 6. The zero-order chi connectivity index (χ0) is 21.2. The highest BCUT2D eigenvalue weighted by atomic mass is 32.2. The first-order valence-electron chi connectivity index (χ1n) is 9.66. The van der Waals surface area contributed by atoms with Crippen molar-refractivity contribution in [1.29, 1.82) is 0 Å². The van der Waals surface area contributed by atoms with Crippen molar-refractivity contribution in [3.05, 3.63) is 53.1 Å². The highest BCUT2D eigenvalue weighted by Crippen LogP contribution is 2.27. The summed E-state index contributed by atoms with van der Waals surface area (Å²) in [6.07, 6.45) is 0. The van der Waals surface area contributed by atoms with E-state index in [0.29, 0.717) is 5.69 Å². The third kappa shape index (κ3) is 4.71. The average Bonchev–Trinajstić information content (AvgIpc) is 2.69. The molecule has 29 heavy (non-hydrogen) atoms. The second-order valence-electron chi connectivity index (χ2n) is 7.31. The molecule has 0 aliphatic carbocycles. The number of sulfonamides is 1. The number of carboxylic acids is 1. The van der Waals surface area contributed by atoms with Gasteiger partial charge < -0.3 is 14.9 Å². The molecule has 0 amide bonds. The van der Waals surface area contributed by atoms with Crippen LogP contribution in [0.15, 0.2) is 41.3 Å². The zero-order valence-corrected chi connectivity index (χ0v) is 17.8. The first kappa shape index (κ1) is 21.1. The van der Waals surface area contributed by atoms with E-state index in [1.807, 2.05) is 18.7 Å². The Balaban J connectivity index is 1.86. The van der Waals surface area contributed by atoms with Gasteiger partial charge in [0.15, 0.2) is 0 Å². The third-order valence-electron chi connectivity index (χ3n) is 5.43. The van der Waals surface area contributed by atoms with Gasteiger partial charge in [0.2, 0.25) is 0 Å². The molecule has 0 unspecified atom stereocenters. The van der Waals surface area contributed by atoms with Crippen LogP contribution in [0.4, 0.5) is 11.4 Å². The van der Waals surface area contributed by atoms with Crippen LogP contribution in [0.3, 0.4) is 0 Å². The molecule has 2 aromatic rings. The lowest BCUT2D eigenvalue weighted by Gasteiger charge is -2.36. The summed E-state index contributed by atoms with van der Waals surface area (Å²) in [7, 11) is -3.81. The summed E-state index contributed by atoms with van der Waals surface area (Å²) in [5, 5.41) is 9.69. The van der Waals surface area contributed by atoms with Crippen molar-refractivity contribution < 1.29 is 18.3 Å². The third-order valence-corrected chi connectivity index (χ3v) is 6.81. The van der Waals surface area contributed by atoms with E-state index >= 15 is 0 Å². The molecule has 0 aromatic heterocycles. The Morgan fingerprint density at radius 1 is 1.03 bits per heavy atom. The Kier molecular flexibility index (Phi) is 6.14. The molecule has 0 atom stereocenters. The van der Waals surface area contributed by atoms with E-state index in [1.165, 1.54) is 6.07 Å². The van der Waals surface area contributed by atoms with E-state index in [1.54, 1.807) is 30.3 Å². The number of anilines is 2. The quantitative estimate of drug-likeness (QED) is 0.751. The van der Waals surface area contributed by atoms with Gasteiger partial charge in [-0.2, -0.15) is 0 Å². The van der Waals surface area contributed by atoms with Crippen LogP contribution in [0.5, 0.6) is 0 Å². The molecule has 156 valence electrons. The molecule has 7 nitrogen and oxygen atoms in total. The van der Waals surface area contributed by atoms with E-state index in [0.717, 1.165) is 43.9 Å². The summed E-state index contributed by atoms with van der Waals surface area (Å²) in [6.45, 7) is 10.1. The van der Waals surface area contributed by atoms with E-state index in [-0.39, 0.29) is 16.1 Å². The normalized spacial score (nSPS) is 15.3. The summed E-state index contributed by atoms with van der Waals surface area (Å²) in [4.78, 5) is 16.3.